The van der Waals surface area contributed by atoms with Crippen LogP contribution in [0.2, 0.25) is 0 Å². The third-order valence-electron chi connectivity index (χ3n) is 6.61. The number of anilines is 1. The van der Waals surface area contributed by atoms with Gasteiger partial charge < -0.3 is 10.4 Å². The molecule has 3 N–H and O–H groups in total. The molecule has 0 aliphatic heterocycles. The second kappa shape index (κ2) is 10.5. The number of carbonyl (C=O) groups is 1. The van der Waals surface area contributed by atoms with Crippen LogP contribution in [0.15, 0.2) is 23.1 Å². The molecule has 174 valence electrons. The van der Waals surface area contributed by atoms with Crippen LogP contribution in [0.5, 0.6) is 0 Å². The molecule has 1 unspecified atom stereocenters. The molecule has 0 saturated heterocycles. The van der Waals surface area contributed by atoms with Gasteiger partial charge in [0.05, 0.1) is 21.6 Å². The minimum atomic E-state index is -1.32. The molecule has 2 saturated carbocycles. The largest absolute Gasteiger partial charge is 0.393 e. The van der Waals surface area contributed by atoms with E-state index in [1.807, 2.05) is 32.0 Å². The number of aliphatic hydroxyl groups is 1. The Morgan fingerprint density at radius 3 is 2.59 bits per heavy atom. The lowest BCUT2D eigenvalue weighted by Gasteiger charge is -2.26. The van der Waals surface area contributed by atoms with Gasteiger partial charge in [-0.25, -0.2) is 13.9 Å². The lowest BCUT2D eigenvalue weighted by Crippen LogP contribution is -2.35. The van der Waals surface area contributed by atoms with Crippen LogP contribution in [-0.2, 0) is 15.8 Å². The molecule has 1 aromatic heterocycles. The Morgan fingerprint density at radius 2 is 1.88 bits per heavy atom. The fourth-order valence-electron chi connectivity index (χ4n) is 4.71. The van der Waals surface area contributed by atoms with Crippen molar-refractivity contribution in [2.45, 2.75) is 88.7 Å². The number of hydrogen-bond acceptors (Lipinski definition) is 5. The number of carbonyl (C=O) groups excluding carboxylic acids is 1. The van der Waals surface area contributed by atoms with Gasteiger partial charge in [-0.1, -0.05) is 36.3 Å². The highest BCUT2D eigenvalue weighted by Gasteiger charge is 2.23. The third kappa shape index (κ3) is 5.84. The third-order valence-corrected chi connectivity index (χ3v) is 9.12. The first-order valence-corrected chi connectivity index (χ1v) is 13.6. The molecule has 4 rings (SSSR count). The summed E-state index contributed by atoms with van der Waals surface area (Å²) in [4.78, 5) is 18.7. The van der Waals surface area contributed by atoms with Crippen LogP contribution < -0.4 is 10.0 Å². The number of aromatic nitrogens is 1. The Morgan fingerprint density at radius 1 is 1.16 bits per heavy atom. The molecule has 1 heterocycles. The summed E-state index contributed by atoms with van der Waals surface area (Å²) in [7, 11) is -1.32. The van der Waals surface area contributed by atoms with E-state index in [1.165, 1.54) is 24.2 Å². The van der Waals surface area contributed by atoms with Crippen molar-refractivity contribution in [3.8, 4) is 10.4 Å². The Labute approximate surface area is 196 Å². The zero-order chi connectivity index (χ0) is 22.7. The minimum absolute atomic E-state index is 0.0460. The zero-order valence-corrected chi connectivity index (χ0v) is 20.5. The van der Waals surface area contributed by atoms with Gasteiger partial charge in [-0.15, -0.1) is 0 Å². The quantitative estimate of drug-likeness (QED) is 0.533. The predicted molar refractivity (Wildman–Crippen MR) is 130 cm³/mol. The standard InChI is InChI=1S/C24H33N3O3S2/c1-15-7-8-18(14-21(15)32(30)27-19-9-11-20(28)12-10-19)23-16(2)25-24(31-23)26-22(29)13-17-5-3-4-6-17/h7-8,14,17,19-20,27-28H,3-6,9-13H2,1-2H3,(H,25,26,29). The molecule has 0 bridgehead atoms. The summed E-state index contributed by atoms with van der Waals surface area (Å²) >= 11 is 1.47. The van der Waals surface area contributed by atoms with E-state index in [1.54, 1.807) is 0 Å². The maximum absolute atomic E-state index is 13.1. The molecule has 1 amide bonds. The van der Waals surface area contributed by atoms with Crippen molar-refractivity contribution in [3.63, 3.8) is 0 Å². The summed E-state index contributed by atoms with van der Waals surface area (Å²) in [5.74, 6) is 0.551. The van der Waals surface area contributed by atoms with Gasteiger partial charge in [-0.3, -0.25) is 4.79 Å². The first-order valence-electron chi connectivity index (χ1n) is 11.6. The second-order valence-corrected chi connectivity index (χ2v) is 11.4. The van der Waals surface area contributed by atoms with E-state index in [9.17, 15) is 14.1 Å². The van der Waals surface area contributed by atoms with Gasteiger partial charge >= 0.3 is 0 Å². The van der Waals surface area contributed by atoms with Crippen LogP contribution in [0, 0.1) is 19.8 Å². The molecule has 32 heavy (non-hydrogen) atoms. The zero-order valence-electron chi connectivity index (χ0n) is 18.9. The first-order chi connectivity index (χ1) is 15.4. The summed E-state index contributed by atoms with van der Waals surface area (Å²) < 4.78 is 16.3. The molecule has 6 nitrogen and oxygen atoms in total. The smallest absolute Gasteiger partial charge is 0.226 e. The van der Waals surface area contributed by atoms with Crippen LogP contribution >= 0.6 is 11.3 Å². The maximum Gasteiger partial charge on any atom is 0.226 e. The minimum Gasteiger partial charge on any atom is -0.393 e. The molecular formula is C24H33N3O3S2. The topological polar surface area (TPSA) is 91.3 Å². The number of aryl methyl sites for hydroxylation is 2. The van der Waals surface area contributed by atoms with E-state index < -0.39 is 11.0 Å². The molecule has 8 heteroatoms. The first kappa shape index (κ1) is 23.5. The van der Waals surface area contributed by atoms with Crippen LogP contribution in [0.25, 0.3) is 10.4 Å². The van der Waals surface area contributed by atoms with Crippen LogP contribution in [0.3, 0.4) is 0 Å². The Bertz CT molecular complexity index is 977. The van der Waals surface area contributed by atoms with Gasteiger partial charge in [0.25, 0.3) is 0 Å². The fourth-order valence-corrected chi connectivity index (χ4v) is 6.95. The molecule has 0 spiro atoms. The molecular weight excluding hydrogens is 442 g/mol. The van der Waals surface area contributed by atoms with Gasteiger partial charge in [0, 0.05) is 12.5 Å². The van der Waals surface area contributed by atoms with Crippen molar-refractivity contribution in [2.75, 3.05) is 5.32 Å². The normalized spacial score (nSPS) is 22.7. The number of nitrogens with zero attached hydrogens (tertiary/aromatic N) is 1. The van der Waals surface area contributed by atoms with Crippen molar-refractivity contribution < 1.29 is 14.1 Å². The molecule has 0 radical (unpaired) electrons. The molecule has 1 aromatic carbocycles. The highest BCUT2D eigenvalue weighted by atomic mass is 32.2. The number of amides is 1. The lowest BCUT2D eigenvalue weighted by molar-refractivity contribution is -0.117. The number of nitrogens with one attached hydrogen (secondary N) is 2. The van der Waals surface area contributed by atoms with Crippen molar-refractivity contribution >= 4 is 33.4 Å². The average Bonchev–Trinajstić information content (AvgIpc) is 3.39. The van der Waals surface area contributed by atoms with Gasteiger partial charge in [0.2, 0.25) is 5.91 Å². The van der Waals surface area contributed by atoms with E-state index in [4.69, 9.17) is 0 Å². The van der Waals surface area contributed by atoms with Crippen LogP contribution in [-0.4, -0.2) is 32.4 Å². The summed E-state index contributed by atoms with van der Waals surface area (Å²) in [5.41, 5.74) is 2.80. The van der Waals surface area contributed by atoms with Gasteiger partial charge in [0.1, 0.15) is 11.0 Å². The van der Waals surface area contributed by atoms with Crippen molar-refractivity contribution in [2.24, 2.45) is 5.92 Å². The monoisotopic (exact) mass is 475 g/mol. The van der Waals surface area contributed by atoms with Crippen LogP contribution in [0.4, 0.5) is 5.13 Å². The maximum atomic E-state index is 13.1. The van der Waals surface area contributed by atoms with Gasteiger partial charge in [-0.05, 0) is 75.5 Å². The Hall–Kier alpha value is -1.61. The van der Waals surface area contributed by atoms with Crippen molar-refractivity contribution in [1.82, 2.24) is 9.71 Å². The van der Waals surface area contributed by atoms with Gasteiger partial charge in [0.15, 0.2) is 5.13 Å². The van der Waals surface area contributed by atoms with Crippen LogP contribution in [0.1, 0.15) is 69.0 Å². The Kier molecular flexibility index (Phi) is 7.76. The van der Waals surface area contributed by atoms with E-state index >= 15 is 0 Å². The molecule has 2 fully saturated rings. The fraction of sp³-hybridized carbons (Fsp3) is 0.583. The van der Waals surface area contributed by atoms with E-state index in [-0.39, 0.29) is 18.1 Å². The SMILES string of the molecule is Cc1ccc(-c2sc(NC(=O)CC3CCCC3)nc2C)cc1S(=O)NC1CCC(O)CC1. The number of benzene rings is 1. The van der Waals surface area contributed by atoms with E-state index in [0.29, 0.717) is 17.5 Å². The summed E-state index contributed by atoms with van der Waals surface area (Å²) in [6, 6.07) is 6.15. The highest BCUT2D eigenvalue weighted by Crippen LogP contribution is 2.35. The highest BCUT2D eigenvalue weighted by molar-refractivity contribution is 7.83. The number of aliphatic hydroxyl groups excluding tert-OH is 1. The summed E-state index contributed by atoms with van der Waals surface area (Å²) in [6.45, 7) is 3.91. The molecule has 1 atom stereocenters. The summed E-state index contributed by atoms with van der Waals surface area (Å²) in [6.07, 6.45) is 8.28. The number of hydrogen-bond donors (Lipinski definition) is 3. The number of thiazole rings is 1. The number of rotatable bonds is 7. The van der Waals surface area contributed by atoms with E-state index in [0.717, 1.165) is 65.1 Å². The molecule has 2 aliphatic carbocycles. The summed E-state index contributed by atoms with van der Waals surface area (Å²) in [5, 5.41) is 13.3. The van der Waals surface area contributed by atoms with Crippen molar-refractivity contribution in [1.29, 1.82) is 0 Å². The van der Waals surface area contributed by atoms with E-state index in [2.05, 4.69) is 15.0 Å². The van der Waals surface area contributed by atoms with Gasteiger partial charge in [-0.2, -0.15) is 0 Å². The molecule has 2 aromatic rings. The Balaban J connectivity index is 1.45. The lowest BCUT2D eigenvalue weighted by atomic mass is 9.94. The average molecular weight is 476 g/mol. The second-order valence-electron chi connectivity index (χ2n) is 9.21. The molecule has 2 aliphatic rings. The van der Waals surface area contributed by atoms with Crippen molar-refractivity contribution in [3.05, 3.63) is 29.5 Å². The predicted octanol–water partition coefficient (Wildman–Crippen LogP) is 4.86.